The fourth-order valence-electron chi connectivity index (χ4n) is 2.69. The van der Waals surface area contributed by atoms with Crippen molar-refractivity contribution in [3.63, 3.8) is 0 Å². The molecule has 0 aromatic carbocycles. The Hall–Kier alpha value is -0.540. The zero-order valence-electron chi connectivity index (χ0n) is 9.95. The van der Waals surface area contributed by atoms with E-state index in [0.717, 1.165) is 30.6 Å². The van der Waals surface area contributed by atoms with E-state index in [9.17, 15) is 0 Å². The van der Waals surface area contributed by atoms with E-state index in [1.54, 1.807) is 0 Å². The minimum Gasteiger partial charge on any atom is -0.402 e. The lowest BCUT2D eigenvalue weighted by atomic mass is 9.98. The number of allylic oxidation sites excluding steroid dienone is 1. The zero-order chi connectivity index (χ0) is 10.8. The quantitative estimate of drug-likeness (QED) is 0.737. The first kappa shape index (κ1) is 11.0. The smallest absolute Gasteiger partial charge is 0.0229 e. The third-order valence-corrected chi connectivity index (χ3v) is 3.86. The molecule has 0 amide bonds. The minimum absolute atomic E-state index is 0.752. The fourth-order valence-corrected chi connectivity index (χ4v) is 2.69. The van der Waals surface area contributed by atoms with Gasteiger partial charge in [-0.2, -0.15) is 0 Å². The summed E-state index contributed by atoms with van der Waals surface area (Å²) in [6, 6.07) is 1.51. The molecule has 15 heavy (non-hydrogen) atoms. The predicted octanol–water partition coefficient (Wildman–Crippen LogP) is 1.02. The van der Waals surface area contributed by atoms with Crippen LogP contribution >= 0.6 is 0 Å². The molecule has 0 aromatic heterocycles. The van der Waals surface area contributed by atoms with Crippen LogP contribution in [0.15, 0.2) is 11.8 Å². The van der Waals surface area contributed by atoms with E-state index in [2.05, 4.69) is 30.0 Å². The van der Waals surface area contributed by atoms with Crippen molar-refractivity contribution in [1.29, 1.82) is 0 Å². The van der Waals surface area contributed by atoms with Crippen LogP contribution in [0.4, 0.5) is 0 Å². The Kier molecular flexibility index (Phi) is 3.32. The van der Waals surface area contributed by atoms with Crippen molar-refractivity contribution in [2.24, 2.45) is 5.73 Å². The standard InChI is InChI=1S/C12H23N3/c1-14(2)12-7-8-15(9-12)11-5-3-10(13)4-6-11/h3,11-12H,4-9,13H2,1-2H3/t11?,12-/m0/s1. The molecule has 1 aliphatic heterocycles. The fraction of sp³-hybridized carbons (Fsp3) is 0.833. The van der Waals surface area contributed by atoms with Crippen LogP contribution in [-0.4, -0.2) is 49.1 Å². The maximum absolute atomic E-state index is 5.81. The molecular weight excluding hydrogens is 186 g/mol. The molecule has 2 N–H and O–H groups in total. The number of nitrogens with zero attached hydrogens (tertiary/aromatic N) is 2. The molecule has 3 heteroatoms. The van der Waals surface area contributed by atoms with E-state index in [1.165, 1.54) is 25.9 Å². The largest absolute Gasteiger partial charge is 0.402 e. The Balaban J connectivity index is 1.86. The Morgan fingerprint density at radius 1 is 1.40 bits per heavy atom. The molecule has 3 nitrogen and oxygen atoms in total. The lowest BCUT2D eigenvalue weighted by Crippen LogP contribution is -2.38. The van der Waals surface area contributed by atoms with E-state index in [1.807, 2.05) is 0 Å². The highest BCUT2D eigenvalue weighted by atomic mass is 15.2. The lowest BCUT2D eigenvalue weighted by molar-refractivity contribution is 0.203. The van der Waals surface area contributed by atoms with Gasteiger partial charge in [0.25, 0.3) is 0 Å². The van der Waals surface area contributed by atoms with Gasteiger partial charge in [0.15, 0.2) is 0 Å². The topological polar surface area (TPSA) is 32.5 Å². The van der Waals surface area contributed by atoms with Gasteiger partial charge in [0.2, 0.25) is 0 Å². The molecule has 0 spiro atoms. The average molecular weight is 209 g/mol. The second-order valence-corrected chi connectivity index (χ2v) is 5.11. The number of hydrogen-bond acceptors (Lipinski definition) is 3. The van der Waals surface area contributed by atoms with Crippen molar-refractivity contribution in [1.82, 2.24) is 9.80 Å². The summed E-state index contributed by atoms with van der Waals surface area (Å²) in [5.41, 5.74) is 6.90. The highest BCUT2D eigenvalue weighted by Crippen LogP contribution is 2.24. The second kappa shape index (κ2) is 4.54. The number of likely N-dealkylation sites (tertiary alicyclic amines) is 1. The molecule has 1 aliphatic carbocycles. The van der Waals surface area contributed by atoms with Gasteiger partial charge in [0.1, 0.15) is 0 Å². The van der Waals surface area contributed by atoms with Crippen LogP contribution in [0.2, 0.25) is 0 Å². The lowest BCUT2D eigenvalue weighted by Gasteiger charge is -2.30. The number of hydrogen-bond donors (Lipinski definition) is 1. The van der Waals surface area contributed by atoms with Gasteiger partial charge in [-0.1, -0.05) is 6.08 Å². The molecule has 0 saturated carbocycles. The summed E-state index contributed by atoms with van der Waals surface area (Å²) >= 11 is 0. The van der Waals surface area contributed by atoms with Gasteiger partial charge in [-0.15, -0.1) is 0 Å². The van der Waals surface area contributed by atoms with Crippen LogP contribution in [0.25, 0.3) is 0 Å². The van der Waals surface area contributed by atoms with Crippen molar-refractivity contribution in [3.05, 3.63) is 11.8 Å². The van der Waals surface area contributed by atoms with E-state index in [4.69, 9.17) is 5.73 Å². The van der Waals surface area contributed by atoms with E-state index >= 15 is 0 Å². The SMILES string of the molecule is CN(C)[C@H]1CCN(C2CC=C(N)CC2)C1. The van der Waals surface area contributed by atoms with Crippen LogP contribution in [0.5, 0.6) is 0 Å². The van der Waals surface area contributed by atoms with E-state index < -0.39 is 0 Å². The van der Waals surface area contributed by atoms with Crippen LogP contribution in [-0.2, 0) is 0 Å². The molecule has 86 valence electrons. The van der Waals surface area contributed by atoms with Crippen LogP contribution in [0.1, 0.15) is 25.7 Å². The molecule has 0 bridgehead atoms. The molecule has 2 atom stereocenters. The number of rotatable bonds is 2. The Morgan fingerprint density at radius 3 is 2.73 bits per heavy atom. The van der Waals surface area contributed by atoms with Crippen molar-refractivity contribution >= 4 is 0 Å². The van der Waals surface area contributed by atoms with Crippen molar-refractivity contribution < 1.29 is 0 Å². The van der Waals surface area contributed by atoms with Crippen molar-refractivity contribution in [2.75, 3.05) is 27.2 Å². The summed E-state index contributed by atoms with van der Waals surface area (Å²) in [7, 11) is 4.37. The summed E-state index contributed by atoms with van der Waals surface area (Å²) in [5, 5.41) is 0. The molecule has 0 radical (unpaired) electrons. The van der Waals surface area contributed by atoms with Gasteiger partial charge in [0.05, 0.1) is 0 Å². The zero-order valence-corrected chi connectivity index (χ0v) is 9.95. The highest BCUT2D eigenvalue weighted by molar-refractivity contribution is 5.04. The van der Waals surface area contributed by atoms with Crippen molar-refractivity contribution in [3.8, 4) is 0 Å². The van der Waals surface area contributed by atoms with Crippen molar-refractivity contribution in [2.45, 2.75) is 37.8 Å². The third kappa shape index (κ3) is 2.52. The molecule has 1 saturated heterocycles. The molecule has 1 fully saturated rings. The summed E-state index contributed by atoms with van der Waals surface area (Å²) in [6.45, 7) is 2.51. The van der Waals surface area contributed by atoms with Gasteiger partial charge in [-0.05, 0) is 39.8 Å². The molecule has 1 heterocycles. The summed E-state index contributed by atoms with van der Waals surface area (Å²) < 4.78 is 0. The van der Waals surface area contributed by atoms with E-state index in [-0.39, 0.29) is 0 Å². The first-order chi connectivity index (χ1) is 7.16. The first-order valence-corrected chi connectivity index (χ1v) is 6.02. The van der Waals surface area contributed by atoms with Gasteiger partial charge >= 0.3 is 0 Å². The summed E-state index contributed by atoms with van der Waals surface area (Å²) in [4.78, 5) is 5.00. The Morgan fingerprint density at radius 2 is 2.20 bits per heavy atom. The molecule has 2 rings (SSSR count). The Bertz CT molecular complexity index is 247. The molecule has 2 aliphatic rings. The monoisotopic (exact) mass is 209 g/mol. The predicted molar refractivity (Wildman–Crippen MR) is 63.6 cm³/mol. The number of nitrogens with two attached hydrogens (primary N) is 1. The third-order valence-electron chi connectivity index (χ3n) is 3.86. The maximum atomic E-state index is 5.81. The first-order valence-electron chi connectivity index (χ1n) is 6.02. The summed E-state index contributed by atoms with van der Waals surface area (Å²) in [6.07, 6.45) is 7.04. The molecular formula is C12H23N3. The number of likely N-dealkylation sites (N-methyl/N-ethyl adjacent to an activating group) is 1. The average Bonchev–Trinajstić information content (AvgIpc) is 2.68. The van der Waals surface area contributed by atoms with Crippen LogP contribution in [0, 0.1) is 0 Å². The maximum Gasteiger partial charge on any atom is 0.0229 e. The highest BCUT2D eigenvalue weighted by Gasteiger charge is 2.29. The normalized spacial score (nSPS) is 33.4. The second-order valence-electron chi connectivity index (χ2n) is 5.11. The summed E-state index contributed by atoms with van der Waals surface area (Å²) in [5.74, 6) is 0. The molecule has 0 aromatic rings. The minimum atomic E-state index is 0.752. The molecule has 1 unspecified atom stereocenters. The Labute approximate surface area is 92.9 Å². The van der Waals surface area contributed by atoms with Gasteiger partial charge in [0, 0.05) is 30.9 Å². The van der Waals surface area contributed by atoms with Gasteiger partial charge in [-0.3, -0.25) is 4.90 Å². The van der Waals surface area contributed by atoms with Crippen LogP contribution in [0.3, 0.4) is 0 Å². The van der Waals surface area contributed by atoms with Gasteiger partial charge < -0.3 is 10.6 Å². The van der Waals surface area contributed by atoms with Crippen LogP contribution < -0.4 is 5.73 Å². The van der Waals surface area contributed by atoms with E-state index in [0.29, 0.717) is 0 Å². The van der Waals surface area contributed by atoms with Gasteiger partial charge in [-0.25, -0.2) is 0 Å².